The second-order valence-corrected chi connectivity index (χ2v) is 7.32. The second kappa shape index (κ2) is 5.67. The summed E-state index contributed by atoms with van der Waals surface area (Å²) in [5.74, 6) is 0. The fourth-order valence-corrected chi connectivity index (χ4v) is 4.64. The molecule has 6 heteroatoms. The van der Waals surface area contributed by atoms with Crippen molar-refractivity contribution in [2.45, 2.75) is 43.5 Å². The molecule has 1 aliphatic rings. The van der Waals surface area contributed by atoms with Crippen LogP contribution in [0.5, 0.6) is 0 Å². The molecule has 0 aromatic carbocycles. The van der Waals surface area contributed by atoms with Crippen LogP contribution in [-0.2, 0) is 10.0 Å². The zero-order valence-corrected chi connectivity index (χ0v) is 12.7. The molecule has 100 valence electrons. The SMILES string of the molecule is CCC1CCCCN1S(=O)(=O)c1cncc(Br)c1. The molecule has 0 aliphatic carbocycles. The zero-order valence-electron chi connectivity index (χ0n) is 10.3. The molecule has 0 radical (unpaired) electrons. The van der Waals surface area contributed by atoms with Gasteiger partial charge in [-0.2, -0.15) is 4.31 Å². The van der Waals surface area contributed by atoms with Crippen LogP contribution >= 0.6 is 15.9 Å². The third-order valence-corrected chi connectivity index (χ3v) is 5.68. The Bertz CT molecular complexity index is 519. The summed E-state index contributed by atoms with van der Waals surface area (Å²) in [5, 5.41) is 0. The van der Waals surface area contributed by atoms with Crippen LogP contribution in [0.4, 0.5) is 0 Å². The van der Waals surface area contributed by atoms with Crippen LogP contribution < -0.4 is 0 Å². The number of aromatic nitrogens is 1. The summed E-state index contributed by atoms with van der Waals surface area (Å²) >= 11 is 3.27. The summed E-state index contributed by atoms with van der Waals surface area (Å²) in [7, 11) is -3.40. The Labute approximate surface area is 117 Å². The average Bonchev–Trinajstić information content (AvgIpc) is 2.38. The van der Waals surface area contributed by atoms with Gasteiger partial charge in [-0.25, -0.2) is 8.42 Å². The first kappa shape index (κ1) is 14.0. The first-order valence-electron chi connectivity index (χ1n) is 6.18. The van der Waals surface area contributed by atoms with Crippen molar-refractivity contribution in [3.05, 3.63) is 22.9 Å². The predicted octanol–water partition coefficient (Wildman–Crippen LogP) is 2.80. The van der Waals surface area contributed by atoms with E-state index in [2.05, 4.69) is 20.9 Å². The van der Waals surface area contributed by atoms with Gasteiger partial charge in [0, 0.05) is 29.5 Å². The topological polar surface area (TPSA) is 50.3 Å². The van der Waals surface area contributed by atoms with Crippen LogP contribution in [0.1, 0.15) is 32.6 Å². The van der Waals surface area contributed by atoms with Gasteiger partial charge < -0.3 is 0 Å². The lowest BCUT2D eigenvalue weighted by atomic mass is 10.0. The van der Waals surface area contributed by atoms with Crippen molar-refractivity contribution in [1.82, 2.24) is 9.29 Å². The number of rotatable bonds is 3. The molecule has 1 aromatic rings. The van der Waals surface area contributed by atoms with Crippen molar-refractivity contribution < 1.29 is 8.42 Å². The lowest BCUT2D eigenvalue weighted by Gasteiger charge is -2.34. The second-order valence-electron chi connectivity index (χ2n) is 4.51. The standard InChI is InChI=1S/C12H17BrN2O2S/c1-2-11-5-3-4-6-15(11)18(16,17)12-7-10(13)8-14-9-12/h7-9,11H,2-6H2,1H3. The first-order chi connectivity index (χ1) is 8.55. The van der Waals surface area contributed by atoms with E-state index in [0.29, 0.717) is 11.0 Å². The number of nitrogens with zero attached hydrogens (tertiary/aromatic N) is 2. The molecule has 0 amide bonds. The van der Waals surface area contributed by atoms with Crippen molar-refractivity contribution in [2.24, 2.45) is 0 Å². The highest BCUT2D eigenvalue weighted by atomic mass is 79.9. The minimum atomic E-state index is -3.40. The van der Waals surface area contributed by atoms with Crippen molar-refractivity contribution in [2.75, 3.05) is 6.54 Å². The molecule has 2 rings (SSSR count). The van der Waals surface area contributed by atoms with Crippen LogP contribution in [0.2, 0.25) is 0 Å². The van der Waals surface area contributed by atoms with E-state index < -0.39 is 10.0 Å². The molecule has 0 bridgehead atoms. The normalized spacial score (nSPS) is 22.0. The lowest BCUT2D eigenvalue weighted by Crippen LogP contribution is -2.43. The van der Waals surface area contributed by atoms with Gasteiger partial charge >= 0.3 is 0 Å². The molecule has 1 unspecified atom stereocenters. The molecule has 1 fully saturated rings. The van der Waals surface area contributed by atoms with Crippen molar-refractivity contribution in [3.63, 3.8) is 0 Å². The molecule has 0 saturated carbocycles. The molecule has 4 nitrogen and oxygen atoms in total. The third-order valence-electron chi connectivity index (χ3n) is 3.33. The Kier molecular flexibility index (Phi) is 4.40. The Morgan fingerprint density at radius 3 is 2.89 bits per heavy atom. The maximum absolute atomic E-state index is 12.6. The van der Waals surface area contributed by atoms with E-state index in [-0.39, 0.29) is 10.9 Å². The quantitative estimate of drug-likeness (QED) is 0.855. The van der Waals surface area contributed by atoms with Crippen molar-refractivity contribution in [3.8, 4) is 0 Å². The van der Waals surface area contributed by atoms with E-state index >= 15 is 0 Å². The van der Waals surface area contributed by atoms with Gasteiger partial charge in [0.25, 0.3) is 0 Å². The van der Waals surface area contributed by atoms with E-state index in [1.807, 2.05) is 6.92 Å². The number of pyridine rings is 1. The van der Waals surface area contributed by atoms with Gasteiger partial charge in [0.05, 0.1) is 0 Å². The summed E-state index contributed by atoms with van der Waals surface area (Å²) in [6.45, 7) is 2.66. The summed E-state index contributed by atoms with van der Waals surface area (Å²) in [6, 6.07) is 1.74. The molecule has 1 saturated heterocycles. The first-order valence-corrected chi connectivity index (χ1v) is 8.41. The Morgan fingerprint density at radius 2 is 2.22 bits per heavy atom. The van der Waals surface area contributed by atoms with Gasteiger partial charge in [-0.1, -0.05) is 13.3 Å². The fourth-order valence-electron chi connectivity index (χ4n) is 2.37. The number of hydrogen-bond donors (Lipinski definition) is 0. The zero-order chi connectivity index (χ0) is 13.2. The van der Waals surface area contributed by atoms with E-state index in [1.54, 1.807) is 16.6 Å². The predicted molar refractivity (Wildman–Crippen MR) is 73.8 cm³/mol. The molecule has 18 heavy (non-hydrogen) atoms. The van der Waals surface area contributed by atoms with Crippen molar-refractivity contribution >= 4 is 26.0 Å². The van der Waals surface area contributed by atoms with Gasteiger partial charge in [-0.3, -0.25) is 4.98 Å². The molecule has 1 aliphatic heterocycles. The fraction of sp³-hybridized carbons (Fsp3) is 0.583. The van der Waals surface area contributed by atoms with Crippen LogP contribution in [-0.4, -0.2) is 30.3 Å². The highest BCUT2D eigenvalue weighted by molar-refractivity contribution is 9.10. The molecular formula is C12H17BrN2O2S. The summed E-state index contributed by atoms with van der Waals surface area (Å²) in [6.07, 6.45) is 6.88. The average molecular weight is 333 g/mol. The summed E-state index contributed by atoms with van der Waals surface area (Å²) in [4.78, 5) is 4.22. The Morgan fingerprint density at radius 1 is 1.44 bits per heavy atom. The van der Waals surface area contributed by atoms with Crippen LogP contribution in [0.25, 0.3) is 0 Å². The Balaban J connectivity index is 2.35. The maximum Gasteiger partial charge on any atom is 0.244 e. The lowest BCUT2D eigenvalue weighted by molar-refractivity contribution is 0.246. The smallest absolute Gasteiger partial charge is 0.244 e. The minimum Gasteiger partial charge on any atom is -0.262 e. The van der Waals surface area contributed by atoms with E-state index in [0.717, 1.165) is 25.7 Å². The number of halogens is 1. The van der Waals surface area contributed by atoms with Crippen LogP contribution in [0.15, 0.2) is 27.8 Å². The molecule has 0 N–H and O–H groups in total. The molecule has 2 heterocycles. The number of sulfonamides is 1. The van der Waals surface area contributed by atoms with Gasteiger partial charge in [0.2, 0.25) is 10.0 Å². The van der Waals surface area contributed by atoms with Gasteiger partial charge in [0.1, 0.15) is 4.90 Å². The summed E-state index contributed by atoms with van der Waals surface area (Å²) in [5.41, 5.74) is 0. The monoisotopic (exact) mass is 332 g/mol. The highest BCUT2D eigenvalue weighted by Gasteiger charge is 2.32. The summed E-state index contributed by atoms with van der Waals surface area (Å²) < 4.78 is 27.5. The molecule has 1 atom stereocenters. The minimum absolute atomic E-state index is 0.128. The molecule has 1 aromatic heterocycles. The highest BCUT2D eigenvalue weighted by Crippen LogP contribution is 2.27. The van der Waals surface area contributed by atoms with E-state index in [1.165, 1.54) is 6.20 Å². The molecule has 0 spiro atoms. The van der Waals surface area contributed by atoms with Crippen LogP contribution in [0.3, 0.4) is 0 Å². The third kappa shape index (κ3) is 2.75. The Hall–Kier alpha value is -0.460. The van der Waals surface area contributed by atoms with Crippen LogP contribution in [0, 0.1) is 0 Å². The van der Waals surface area contributed by atoms with Crippen molar-refractivity contribution in [1.29, 1.82) is 0 Å². The van der Waals surface area contributed by atoms with Gasteiger partial charge in [-0.15, -0.1) is 0 Å². The van der Waals surface area contributed by atoms with Gasteiger partial charge in [0.15, 0.2) is 0 Å². The van der Waals surface area contributed by atoms with E-state index in [4.69, 9.17) is 0 Å². The molecular weight excluding hydrogens is 316 g/mol. The largest absolute Gasteiger partial charge is 0.262 e. The number of piperidine rings is 1. The number of hydrogen-bond acceptors (Lipinski definition) is 3. The van der Waals surface area contributed by atoms with E-state index in [9.17, 15) is 8.42 Å². The maximum atomic E-state index is 12.6. The van der Waals surface area contributed by atoms with Gasteiger partial charge in [-0.05, 0) is 41.3 Å².